The fourth-order valence-electron chi connectivity index (χ4n) is 3.38. The zero-order valence-corrected chi connectivity index (χ0v) is 18.6. The third kappa shape index (κ3) is 4.93. The molecule has 1 N–H and O–H groups in total. The number of alkyl halides is 3. The normalized spacial score (nSPS) is 14.0. The number of likely N-dealkylation sites (N-methyl/N-ethyl adjacent to an activating group) is 1. The summed E-state index contributed by atoms with van der Waals surface area (Å²) in [6.07, 6.45) is -4.71. The van der Waals surface area contributed by atoms with Crippen molar-refractivity contribution < 1.29 is 27.5 Å². The van der Waals surface area contributed by atoms with Crippen LogP contribution in [0.25, 0.3) is 5.69 Å². The summed E-state index contributed by atoms with van der Waals surface area (Å²) in [6, 6.07) is 13.4. The van der Waals surface area contributed by atoms with Gasteiger partial charge in [0.15, 0.2) is 12.3 Å². The molecule has 1 saturated heterocycles. The Morgan fingerprint density at radius 3 is 2.59 bits per heavy atom. The van der Waals surface area contributed by atoms with Gasteiger partial charge in [-0.1, -0.05) is 29.8 Å². The third-order valence-corrected chi connectivity index (χ3v) is 5.38. The van der Waals surface area contributed by atoms with Gasteiger partial charge in [-0.3, -0.25) is 9.69 Å². The van der Waals surface area contributed by atoms with Crippen molar-refractivity contribution in [1.29, 1.82) is 0 Å². The fraction of sp³-hybridized carbons (Fsp3) is 0.227. The van der Waals surface area contributed by atoms with E-state index >= 15 is 0 Å². The van der Waals surface area contributed by atoms with E-state index < -0.39 is 24.4 Å². The van der Waals surface area contributed by atoms with Gasteiger partial charge in [0.2, 0.25) is 5.88 Å². The summed E-state index contributed by atoms with van der Waals surface area (Å²) >= 11 is 6.10. The molecule has 0 spiro atoms. The second kappa shape index (κ2) is 9.26. The summed E-state index contributed by atoms with van der Waals surface area (Å²) in [6.45, 7) is 0.523. The Bertz CT molecular complexity index is 1230. The number of nitrogens with one attached hydrogen (secondary N) is 1. The average Bonchev–Trinajstić information content (AvgIpc) is 3.36. The number of hydrogen-bond donors (Lipinski definition) is 1. The summed E-state index contributed by atoms with van der Waals surface area (Å²) in [5, 5.41) is 6.33. The van der Waals surface area contributed by atoms with E-state index in [4.69, 9.17) is 16.3 Å². The standard InChI is InChI=1S/C22H19ClF3N5O3/c1-29-9-10-30(21(29)33)15-6-4-5-14(11-15)27-19(32)13-34-20-12-18(22(24,25)26)28-31(20)17-8-3-2-7-16(17)23/h2-8,11-12H,9-10,13H2,1H3,(H,27,32). The number of nitrogens with zero attached hydrogens (tertiary/aromatic N) is 4. The minimum Gasteiger partial charge on any atom is -0.467 e. The van der Waals surface area contributed by atoms with Crippen LogP contribution < -0.4 is 15.0 Å². The van der Waals surface area contributed by atoms with E-state index in [1.165, 1.54) is 12.1 Å². The molecule has 1 aliphatic rings. The first kappa shape index (κ1) is 23.4. The number of aromatic nitrogens is 2. The zero-order valence-electron chi connectivity index (χ0n) is 17.8. The average molecular weight is 494 g/mol. The van der Waals surface area contributed by atoms with Crippen molar-refractivity contribution in [2.75, 3.05) is 37.0 Å². The zero-order chi connectivity index (χ0) is 24.5. The third-order valence-electron chi connectivity index (χ3n) is 5.06. The first-order valence-electron chi connectivity index (χ1n) is 10.1. The molecule has 8 nitrogen and oxygen atoms in total. The van der Waals surface area contributed by atoms with Gasteiger partial charge in [0.1, 0.15) is 0 Å². The van der Waals surface area contributed by atoms with Crippen molar-refractivity contribution in [2.45, 2.75) is 6.18 Å². The van der Waals surface area contributed by atoms with Crippen molar-refractivity contribution in [3.8, 4) is 11.6 Å². The Labute approximate surface area is 197 Å². The molecule has 0 bridgehead atoms. The number of anilines is 2. The Hall–Kier alpha value is -3.73. The van der Waals surface area contributed by atoms with Crippen LogP contribution in [-0.4, -0.2) is 53.4 Å². The monoisotopic (exact) mass is 493 g/mol. The van der Waals surface area contributed by atoms with Gasteiger partial charge in [0.25, 0.3) is 5.91 Å². The second-order valence-electron chi connectivity index (χ2n) is 7.47. The maximum atomic E-state index is 13.2. The van der Waals surface area contributed by atoms with E-state index in [1.54, 1.807) is 53.2 Å². The van der Waals surface area contributed by atoms with Gasteiger partial charge in [-0.25, -0.2) is 4.79 Å². The van der Waals surface area contributed by atoms with Crippen LogP contribution >= 0.6 is 11.6 Å². The highest BCUT2D eigenvalue weighted by Crippen LogP contribution is 2.33. The van der Waals surface area contributed by atoms with E-state index in [-0.39, 0.29) is 22.6 Å². The molecule has 0 atom stereocenters. The minimum absolute atomic E-state index is 0.153. The number of amides is 3. The van der Waals surface area contributed by atoms with Crippen LogP contribution in [0.2, 0.25) is 5.02 Å². The Morgan fingerprint density at radius 1 is 1.15 bits per heavy atom. The quantitative estimate of drug-likeness (QED) is 0.551. The maximum absolute atomic E-state index is 13.2. The molecule has 4 rings (SSSR count). The van der Waals surface area contributed by atoms with Crippen LogP contribution in [0.3, 0.4) is 0 Å². The molecule has 1 aromatic heterocycles. The molecule has 178 valence electrons. The SMILES string of the molecule is CN1CCN(c2cccc(NC(=O)COc3cc(C(F)(F)F)nn3-c3ccccc3Cl)c2)C1=O. The molecule has 0 radical (unpaired) electrons. The first-order valence-corrected chi connectivity index (χ1v) is 10.5. The molecule has 0 unspecified atom stereocenters. The lowest BCUT2D eigenvalue weighted by atomic mass is 10.2. The van der Waals surface area contributed by atoms with Crippen LogP contribution in [0.4, 0.5) is 29.3 Å². The van der Waals surface area contributed by atoms with Crippen molar-refractivity contribution in [2.24, 2.45) is 0 Å². The van der Waals surface area contributed by atoms with Crippen LogP contribution in [-0.2, 0) is 11.0 Å². The molecule has 3 amide bonds. The molecule has 12 heteroatoms. The van der Waals surface area contributed by atoms with Gasteiger partial charge in [-0.2, -0.15) is 23.0 Å². The molecular formula is C22H19ClF3N5O3. The summed E-state index contributed by atoms with van der Waals surface area (Å²) in [5.74, 6) is -0.905. The Balaban J connectivity index is 1.48. The number of rotatable bonds is 6. The highest BCUT2D eigenvalue weighted by atomic mass is 35.5. The number of halogens is 4. The number of urea groups is 1. The highest BCUT2D eigenvalue weighted by molar-refractivity contribution is 6.32. The summed E-state index contributed by atoms with van der Waals surface area (Å²) < 4.78 is 46.0. The molecular weight excluding hydrogens is 475 g/mol. The van der Waals surface area contributed by atoms with E-state index in [0.717, 1.165) is 4.68 Å². The fourth-order valence-corrected chi connectivity index (χ4v) is 3.59. The second-order valence-corrected chi connectivity index (χ2v) is 7.88. The lowest BCUT2D eigenvalue weighted by molar-refractivity contribution is -0.141. The van der Waals surface area contributed by atoms with E-state index in [1.807, 2.05) is 0 Å². The molecule has 1 fully saturated rings. The number of hydrogen-bond acceptors (Lipinski definition) is 4. The Morgan fingerprint density at radius 2 is 1.91 bits per heavy atom. The van der Waals surface area contributed by atoms with Gasteiger partial charge in [-0.15, -0.1) is 0 Å². The summed E-state index contributed by atoms with van der Waals surface area (Å²) in [4.78, 5) is 27.8. The van der Waals surface area contributed by atoms with Crippen molar-refractivity contribution >= 4 is 34.9 Å². The largest absolute Gasteiger partial charge is 0.467 e. The van der Waals surface area contributed by atoms with Crippen molar-refractivity contribution in [3.63, 3.8) is 0 Å². The number of benzene rings is 2. The summed E-state index contributed by atoms with van der Waals surface area (Å²) in [7, 11) is 1.70. The van der Waals surface area contributed by atoms with Crippen LogP contribution in [0, 0.1) is 0 Å². The van der Waals surface area contributed by atoms with E-state index in [9.17, 15) is 22.8 Å². The van der Waals surface area contributed by atoms with Gasteiger partial charge in [0, 0.05) is 37.6 Å². The van der Waals surface area contributed by atoms with E-state index in [2.05, 4.69) is 10.4 Å². The van der Waals surface area contributed by atoms with Crippen LogP contribution in [0.5, 0.6) is 5.88 Å². The van der Waals surface area contributed by atoms with Gasteiger partial charge < -0.3 is 15.0 Å². The van der Waals surface area contributed by atoms with Crippen LogP contribution in [0.15, 0.2) is 54.6 Å². The van der Waals surface area contributed by atoms with Crippen LogP contribution in [0.1, 0.15) is 5.69 Å². The lowest BCUT2D eigenvalue weighted by Crippen LogP contribution is -2.29. The Kier molecular flexibility index (Phi) is 6.38. The van der Waals surface area contributed by atoms with E-state index in [0.29, 0.717) is 30.5 Å². The molecule has 0 aliphatic carbocycles. The predicted molar refractivity (Wildman–Crippen MR) is 120 cm³/mol. The lowest BCUT2D eigenvalue weighted by Gasteiger charge is -2.17. The molecule has 0 saturated carbocycles. The molecule has 2 aromatic carbocycles. The number of ether oxygens (including phenoxy) is 1. The van der Waals surface area contributed by atoms with Gasteiger partial charge >= 0.3 is 12.2 Å². The molecule has 1 aliphatic heterocycles. The number of para-hydroxylation sites is 1. The minimum atomic E-state index is -4.71. The first-order chi connectivity index (χ1) is 16.1. The molecule has 2 heterocycles. The summed E-state index contributed by atoms with van der Waals surface area (Å²) in [5.41, 5.74) is 0.00234. The van der Waals surface area contributed by atoms with Crippen molar-refractivity contribution in [3.05, 3.63) is 65.3 Å². The highest BCUT2D eigenvalue weighted by Gasteiger charge is 2.36. The number of carbonyl (C=O) groups is 2. The molecule has 34 heavy (non-hydrogen) atoms. The van der Waals surface area contributed by atoms with Gasteiger partial charge in [0.05, 0.1) is 10.7 Å². The maximum Gasteiger partial charge on any atom is 0.435 e. The van der Waals surface area contributed by atoms with Crippen molar-refractivity contribution in [1.82, 2.24) is 14.7 Å². The predicted octanol–water partition coefficient (Wildman–Crippen LogP) is 4.43. The molecule has 3 aromatic rings. The van der Waals surface area contributed by atoms with Gasteiger partial charge in [-0.05, 0) is 30.3 Å². The smallest absolute Gasteiger partial charge is 0.435 e. The topological polar surface area (TPSA) is 79.7 Å². The number of carbonyl (C=O) groups excluding carboxylic acids is 2.